The third kappa shape index (κ3) is 2.76. The van der Waals surface area contributed by atoms with E-state index in [1.807, 2.05) is 13.1 Å². The molecule has 0 aromatic heterocycles. The van der Waals surface area contributed by atoms with Crippen LogP contribution in [-0.2, 0) is 4.74 Å². The third-order valence-electron chi connectivity index (χ3n) is 5.77. The van der Waals surface area contributed by atoms with Gasteiger partial charge in [-0.2, -0.15) is 15.8 Å². The molecule has 7 nitrogen and oxygen atoms in total. The summed E-state index contributed by atoms with van der Waals surface area (Å²) in [5, 5.41) is 38.2. The van der Waals surface area contributed by atoms with E-state index in [2.05, 4.69) is 18.2 Å². The van der Waals surface area contributed by atoms with Crippen LogP contribution in [0.3, 0.4) is 0 Å². The normalized spacial score (nSPS) is 28.0. The summed E-state index contributed by atoms with van der Waals surface area (Å²) >= 11 is 0. The molecule has 1 aliphatic carbocycles. The molecular formula is C21H20N5O2+. The highest BCUT2D eigenvalue weighted by Gasteiger charge is 2.58. The van der Waals surface area contributed by atoms with Crippen LogP contribution in [0.15, 0.2) is 35.9 Å². The molecule has 0 spiro atoms. The van der Waals surface area contributed by atoms with Crippen molar-refractivity contribution in [3.05, 3.63) is 47.0 Å². The average Bonchev–Trinajstić information content (AvgIpc) is 2.73. The van der Waals surface area contributed by atoms with Crippen LogP contribution in [0.25, 0.3) is 0 Å². The highest BCUT2D eigenvalue weighted by Crippen LogP contribution is 2.52. The first kappa shape index (κ1) is 19.3. The van der Waals surface area contributed by atoms with Crippen molar-refractivity contribution in [2.24, 2.45) is 17.3 Å². The van der Waals surface area contributed by atoms with Gasteiger partial charge in [0.1, 0.15) is 5.92 Å². The van der Waals surface area contributed by atoms with Gasteiger partial charge >= 0.3 is 5.97 Å². The molecule has 0 bridgehead atoms. The lowest BCUT2D eigenvalue weighted by atomic mass is 9.54. The number of esters is 1. The molecule has 1 aromatic carbocycles. The third-order valence-corrected chi connectivity index (χ3v) is 5.77. The Morgan fingerprint density at radius 2 is 1.89 bits per heavy atom. The van der Waals surface area contributed by atoms with E-state index in [-0.39, 0.29) is 11.6 Å². The Kier molecular flexibility index (Phi) is 5.01. The molecule has 1 aliphatic heterocycles. The molecule has 140 valence electrons. The standard InChI is InChI=1S/C21H19N5O2/c1-26-8-7-15-16(9-22)19(25)21(11-23,12-24)18(17(15)10-26)13-3-5-14(6-4-13)20(27)28-2/h3-7,16-18,25H,8,10H2,1-2H3/p+1/t16?,17-,18-/m1/s1. The Labute approximate surface area is 163 Å². The Balaban J connectivity index is 2.19. The summed E-state index contributed by atoms with van der Waals surface area (Å²) in [4.78, 5) is 12.9. The van der Waals surface area contributed by atoms with E-state index in [0.29, 0.717) is 17.7 Å². The van der Waals surface area contributed by atoms with Gasteiger partial charge in [-0.1, -0.05) is 12.1 Å². The van der Waals surface area contributed by atoms with Crippen molar-refractivity contribution < 1.29 is 14.4 Å². The van der Waals surface area contributed by atoms with Crippen LogP contribution in [0, 0.1) is 56.7 Å². The van der Waals surface area contributed by atoms with Crippen molar-refractivity contribution in [2.45, 2.75) is 5.92 Å². The van der Waals surface area contributed by atoms with Crippen LogP contribution in [0.1, 0.15) is 21.8 Å². The van der Waals surface area contributed by atoms with Gasteiger partial charge in [-0.25, -0.2) is 4.79 Å². The minimum absolute atomic E-state index is 0.163. The van der Waals surface area contributed by atoms with Gasteiger partial charge in [0, 0.05) is 11.8 Å². The van der Waals surface area contributed by atoms with E-state index in [0.717, 1.165) is 12.1 Å². The van der Waals surface area contributed by atoms with Crippen LogP contribution in [-0.4, -0.2) is 38.9 Å². The summed E-state index contributed by atoms with van der Waals surface area (Å²) < 4.78 is 4.72. The molecule has 2 unspecified atom stereocenters. The summed E-state index contributed by atoms with van der Waals surface area (Å²) in [5.74, 6) is -2.13. The lowest BCUT2D eigenvalue weighted by molar-refractivity contribution is -0.878. The van der Waals surface area contributed by atoms with Gasteiger partial charge in [-0.3, -0.25) is 0 Å². The zero-order valence-electron chi connectivity index (χ0n) is 15.7. The summed E-state index contributed by atoms with van der Waals surface area (Å²) in [7, 11) is 3.32. The summed E-state index contributed by atoms with van der Waals surface area (Å²) in [6, 6.07) is 12.9. The van der Waals surface area contributed by atoms with Crippen molar-refractivity contribution in [3.63, 3.8) is 0 Å². The number of nitrogens with zero attached hydrogens (tertiary/aromatic N) is 3. The van der Waals surface area contributed by atoms with Crippen molar-refractivity contribution >= 4 is 11.7 Å². The van der Waals surface area contributed by atoms with Crippen LogP contribution in [0.2, 0.25) is 0 Å². The number of methoxy groups -OCH3 is 1. The SMILES string of the molecule is COC(=O)c1ccc([C@@H]2[C@@H]3C[NH+](C)CC=C3C(C#N)C(=N)C2(C#N)C#N)cc1. The highest BCUT2D eigenvalue weighted by molar-refractivity contribution is 6.00. The molecule has 0 radical (unpaired) electrons. The monoisotopic (exact) mass is 374 g/mol. The number of fused-ring (bicyclic) bond motifs is 1. The van der Waals surface area contributed by atoms with Crippen LogP contribution in [0.4, 0.5) is 0 Å². The number of rotatable bonds is 2. The zero-order chi connectivity index (χ0) is 20.5. The van der Waals surface area contributed by atoms with Crippen molar-refractivity contribution in [2.75, 3.05) is 27.2 Å². The first-order valence-electron chi connectivity index (χ1n) is 8.94. The van der Waals surface area contributed by atoms with E-state index in [9.17, 15) is 20.6 Å². The number of hydrogen-bond acceptors (Lipinski definition) is 6. The van der Waals surface area contributed by atoms with E-state index >= 15 is 0 Å². The topological polar surface area (TPSA) is 126 Å². The molecule has 1 aromatic rings. The Hall–Kier alpha value is -3.47. The predicted molar refractivity (Wildman–Crippen MR) is 99.2 cm³/mol. The minimum Gasteiger partial charge on any atom is -0.465 e. The Morgan fingerprint density at radius 3 is 2.43 bits per heavy atom. The maximum Gasteiger partial charge on any atom is 0.337 e. The van der Waals surface area contributed by atoms with E-state index < -0.39 is 23.2 Å². The van der Waals surface area contributed by atoms with Gasteiger partial charge in [-0.05, 0) is 29.3 Å². The molecule has 1 fully saturated rings. The van der Waals surface area contributed by atoms with Crippen molar-refractivity contribution in [1.82, 2.24) is 0 Å². The second kappa shape index (κ2) is 7.27. The lowest BCUT2D eigenvalue weighted by Crippen LogP contribution is -3.10. The van der Waals surface area contributed by atoms with Crippen molar-refractivity contribution in [1.29, 1.82) is 21.2 Å². The van der Waals surface area contributed by atoms with Gasteiger partial charge in [-0.15, -0.1) is 0 Å². The summed E-state index contributed by atoms with van der Waals surface area (Å²) in [6.07, 6.45) is 1.97. The molecule has 3 rings (SSSR count). The molecule has 0 saturated heterocycles. The molecule has 1 heterocycles. The molecule has 2 N–H and O–H groups in total. The fourth-order valence-corrected chi connectivity index (χ4v) is 4.38. The quantitative estimate of drug-likeness (QED) is 0.586. The van der Waals surface area contributed by atoms with E-state index in [1.54, 1.807) is 24.3 Å². The van der Waals surface area contributed by atoms with E-state index in [1.165, 1.54) is 12.0 Å². The fourth-order valence-electron chi connectivity index (χ4n) is 4.38. The molecule has 7 heteroatoms. The maximum absolute atomic E-state index is 11.7. The van der Waals surface area contributed by atoms with Gasteiger partial charge in [0.2, 0.25) is 0 Å². The molecular weight excluding hydrogens is 354 g/mol. The number of nitrogens with one attached hydrogen (secondary N) is 2. The molecule has 1 saturated carbocycles. The van der Waals surface area contributed by atoms with Gasteiger partial charge in [0.15, 0.2) is 5.41 Å². The maximum atomic E-state index is 11.7. The van der Waals surface area contributed by atoms with Gasteiger partial charge < -0.3 is 15.0 Å². The number of nitriles is 3. The zero-order valence-corrected chi connectivity index (χ0v) is 15.7. The Bertz CT molecular complexity index is 960. The van der Waals surface area contributed by atoms with Crippen LogP contribution < -0.4 is 4.90 Å². The van der Waals surface area contributed by atoms with Crippen LogP contribution in [0.5, 0.6) is 0 Å². The fraction of sp³-hybridized carbons (Fsp3) is 0.381. The summed E-state index contributed by atoms with van der Waals surface area (Å²) in [5.41, 5.74) is -0.00569. The summed E-state index contributed by atoms with van der Waals surface area (Å²) in [6.45, 7) is 1.39. The second-order valence-corrected chi connectivity index (χ2v) is 7.27. The number of ether oxygens (including phenoxy) is 1. The number of likely N-dealkylation sites (N-methyl/N-ethyl adjacent to an activating group) is 1. The Morgan fingerprint density at radius 1 is 1.25 bits per heavy atom. The number of carbonyl (C=O) groups is 1. The number of carbonyl (C=O) groups excluding carboxylic acids is 1. The van der Waals surface area contributed by atoms with Gasteiger partial charge in [0.25, 0.3) is 0 Å². The molecule has 0 amide bonds. The smallest absolute Gasteiger partial charge is 0.337 e. The average molecular weight is 374 g/mol. The largest absolute Gasteiger partial charge is 0.465 e. The molecule has 4 atom stereocenters. The predicted octanol–water partition coefficient (Wildman–Crippen LogP) is 0.834. The molecule has 2 aliphatic rings. The number of quaternary nitrogens is 1. The highest BCUT2D eigenvalue weighted by atomic mass is 16.5. The van der Waals surface area contributed by atoms with Crippen LogP contribution >= 0.6 is 0 Å². The first-order chi connectivity index (χ1) is 13.4. The van der Waals surface area contributed by atoms with Gasteiger partial charge in [0.05, 0.1) is 56.7 Å². The molecule has 28 heavy (non-hydrogen) atoms. The van der Waals surface area contributed by atoms with E-state index in [4.69, 9.17) is 10.1 Å². The first-order valence-corrected chi connectivity index (χ1v) is 8.94. The second-order valence-electron chi connectivity index (χ2n) is 7.27. The minimum atomic E-state index is -1.73. The number of benzene rings is 1. The van der Waals surface area contributed by atoms with Crippen molar-refractivity contribution in [3.8, 4) is 18.2 Å². The number of hydrogen-bond donors (Lipinski definition) is 2. The lowest BCUT2D eigenvalue weighted by Gasteiger charge is -2.46.